The molecule has 1 heterocycles. The van der Waals surface area contributed by atoms with E-state index in [1.54, 1.807) is 16.7 Å². The second-order valence-electron chi connectivity index (χ2n) is 6.57. The number of urea groups is 1. The highest BCUT2D eigenvalue weighted by molar-refractivity contribution is 7.99. The summed E-state index contributed by atoms with van der Waals surface area (Å²) in [4.78, 5) is 29.3. The third-order valence-corrected chi connectivity index (χ3v) is 4.76. The van der Waals surface area contributed by atoms with Gasteiger partial charge >= 0.3 is 6.03 Å². The van der Waals surface area contributed by atoms with Gasteiger partial charge in [0.15, 0.2) is 0 Å². The average Bonchev–Trinajstić information content (AvgIpc) is 2.54. The maximum absolute atomic E-state index is 12.6. The first-order valence-corrected chi connectivity index (χ1v) is 9.36. The molecule has 0 spiro atoms. The van der Waals surface area contributed by atoms with E-state index in [2.05, 4.69) is 19.2 Å². The highest BCUT2D eigenvalue weighted by Crippen LogP contribution is 2.23. The minimum atomic E-state index is -0.0489. The SMILES string of the molecule is CC(C)NC(=O)N1CCN(C(=O)c2ccc(SC(C)C)cc2)CC1. The second kappa shape index (κ2) is 8.42. The maximum Gasteiger partial charge on any atom is 0.317 e. The molecule has 3 amide bonds. The van der Waals surface area contributed by atoms with Gasteiger partial charge in [-0.15, -0.1) is 11.8 Å². The van der Waals surface area contributed by atoms with Gasteiger partial charge in [-0.3, -0.25) is 4.79 Å². The number of hydrogen-bond acceptors (Lipinski definition) is 3. The Bertz CT molecular complexity index is 564. The summed E-state index contributed by atoms with van der Waals surface area (Å²) >= 11 is 1.79. The first-order chi connectivity index (χ1) is 11.4. The van der Waals surface area contributed by atoms with Gasteiger partial charge in [-0.1, -0.05) is 13.8 Å². The van der Waals surface area contributed by atoms with E-state index >= 15 is 0 Å². The summed E-state index contributed by atoms with van der Waals surface area (Å²) in [5.41, 5.74) is 0.711. The van der Waals surface area contributed by atoms with Gasteiger partial charge in [0.2, 0.25) is 0 Å². The van der Waals surface area contributed by atoms with Crippen LogP contribution in [0.2, 0.25) is 0 Å². The van der Waals surface area contributed by atoms with Crippen LogP contribution in [0.15, 0.2) is 29.2 Å². The number of rotatable bonds is 4. The molecule has 5 nitrogen and oxygen atoms in total. The molecule has 1 aromatic carbocycles. The van der Waals surface area contributed by atoms with Gasteiger partial charge in [-0.25, -0.2) is 4.79 Å². The molecule has 0 radical (unpaired) electrons. The van der Waals surface area contributed by atoms with Crippen molar-refractivity contribution in [2.45, 2.75) is 43.9 Å². The third-order valence-electron chi connectivity index (χ3n) is 3.74. The molecule has 1 aliphatic heterocycles. The molecule has 0 aliphatic carbocycles. The molecule has 2 rings (SSSR count). The van der Waals surface area contributed by atoms with Crippen LogP contribution in [0.5, 0.6) is 0 Å². The number of piperazine rings is 1. The van der Waals surface area contributed by atoms with Crippen LogP contribution in [-0.2, 0) is 0 Å². The first-order valence-electron chi connectivity index (χ1n) is 8.48. The number of amides is 3. The molecule has 24 heavy (non-hydrogen) atoms. The van der Waals surface area contributed by atoms with Crippen molar-refractivity contribution in [2.24, 2.45) is 0 Å². The van der Waals surface area contributed by atoms with E-state index in [0.717, 1.165) is 0 Å². The number of nitrogens with one attached hydrogen (secondary N) is 1. The zero-order chi connectivity index (χ0) is 17.7. The fraction of sp³-hybridized carbons (Fsp3) is 0.556. The molecule has 0 aromatic heterocycles. The number of carbonyl (C=O) groups is 2. The summed E-state index contributed by atoms with van der Waals surface area (Å²) in [5, 5.41) is 3.42. The normalized spacial score (nSPS) is 15.1. The number of carbonyl (C=O) groups excluding carboxylic acids is 2. The highest BCUT2D eigenvalue weighted by atomic mass is 32.2. The standard InChI is InChI=1S/C18H27N3O2S/c1-13(2)19-18(23)21-11-9-20(10-12-21)17(22)15-5-7-16(8-6-15)24-14(3)4/h5-8,13-14H,9-12H2,1-4H3,(H,19,23). The quantitative estimate of drug-likeness (QED) is 0.850. The number of benzene rings is 1. The van der Waals surface area contributed by atoms with Crippen molar-refractivity contribution < 1.29 is 9.59 Å². The van der Waals surface area contributed by atoms with E-state index in [4.69, 9.17) is 0 Å². The fourth-order valence-corrected chi connectivity index (χ4v) is 3.42. The zero-order valence-electron chi connectivity index (χ0n) is 14.9. The van der Waals surface area contributed by atoms with E-state index in [1.165, 1.54) is 4.90 Å². The van der Waals surface area contributed by atoms with E-state index in [0.29, 0.717) is 37.0 Å². The topological polar surface area (TPSA) is 52.7 Å². The van der Waals surface area contributed by atoms with E-state index in [1.807, 2.05) is 43.0 Å². The van der Waals surface area contributed by atoms with Gasteiger partial charge in [-0.05, 0) is 38.1 Å². The molecule has 0 unspecified atom stereocenters. The van der Waals surface area contributed by atoms with Crippen molar-refractivity contribution in [3.8, 4) is 0 Å². The number of hydrogen-bond donors (Lipinski definition) is 1. The van der Waals surface area contributed by atoms with Crippen molar-refractivity contribution in [1.29, 1.82) is 0 Å². The van der Waals surface area contributed by atoms with E-state index < -0.39 is 0 Å². The van der Waals surface area contributed by atoms with Crippen LogP contribution in [0.3, 0.4) is 0 Å². The molecule has 132 valence electrons. The van der Waals surface area contributed by atoms with Gasteiger partial charge in [0.25, 0.3) is 5.91 Å². The minimum Gasteiger partial charge on any atom is -0.336 e. The van der Waals surface area contributed by atoms with Crippen molar-refractivity contribution in [3.63, 3.8) is 0 Å². The average molecular weight is 350 g/mol. The smallest absolute Gasteiger partial charge is 0.317 e. The summed E-state index contributed by atoms with van der Waals surface area (Å²) < 4.78 is 0. The molecule has 6 heteroatoms. The molecule has 0 bridgehead atoms. The Labute approximate surface area is 148 Å². The summed E-state index contributed by atoms with van der Waals surface area (Å²) in [5.74, 6) is 0.0417. The molecular formula is C18H27N3O2S. The van der Waals surface area contributed by atoms with Crippen LogP contribution < -0.4 is 5.32 Å². The van der Waals surface area contributed by atoms with Gasteiger partial charge in [-0.2, -0.15) is 0 Å². The molecule has 0 saturated carbocycles. The van der Waals surface area contributed by atoms with Gasteiger partial charge in [0, 0.05) is 47.9 Å². The van der Waals surface area contributed by atoms with Crippen molar-refractivity contribution >= 4 is 23.7 Å². The summed E-state index contributed by atoms with van der Waals surface area (Å²) in [6, 6.07) is 7.87. The Hall–Kier alpha value is -1.69. The molecular weight excluding hydrogens is 322 g/mol. The van der Waals surface area contributed by atoms with Gasteiger partial charge in [0.05, 0.1) is 0 Å². The lowest BCUT2D eigenvalue weighted by atomic mass is 10.2. The highest BCUT2D eigenvalue weighted by Gasteiger charge is 2.25. The molecule has 1 saturated heterocycles. The maximum atomic E-state index is 12.6. The summed E-state index contributed by atoms with van der Waals surface area (Å²) in [6.07, 6.45) is 0. The Morgan fingerprint density at radius 1 is 0.958 bits per heavy atom. The van der Waals surface area contributed by atoms with Gasteiger partial charge in [0.1, 0.15) is 0 Å². The Kier molecular flexibility index (Phi) is 6.54. The van der Waals surface area contributed by atoms with E-state index in [9.17, 15) is 9.59 Å². The van der Waals surface area contributed by atoms with Crippen LogP contribution >= 0.6 is 11.8 Å². The van der Waals surface area contributed by atoms with Crippen molar-refractivity contribution in [1.82, 2.24) is 15.1 Å². The fourth-order valence-electron chi connectivity index (χ4n) is 2.58. The molecule has 0 atom stereocenters. The molecule has 1 aromatic rings. The van der Waals surface area contributed by atoms with Gasteiger partial charge < -0.3 is 15.1 Å². The number of thioether (sulfide) groups is 1. The lowest BCUT2D eigenvalue weighted by Crippen LogP contribution is -2.54. The number of nitrogens with zero attached hydrogens (tertiary/aromatic N) is 2. The van der Waals surface area contributed by atoms with Crippen molar-refractivity contribution in [3.05, 3.63) is 29.8 Å². The van der Waals surface area contributed by atoms with Crippen LogP contribution in [0, 0.1) is 0 Å². The Balaban J connectivity index is 1.89. The Morgan fingerprint density at radius 3 is 2.00 bits per heavy atom. The molecule has 1 fully saturated rings. The molecule has 1 N–H and O–H groups in total. The van der Waals surface area contributed by atoms with Crippen LogP contribution in [0.4, 0.5) is 4.79 Å². The van der Waals surface area contributed by atoms with Crippen LogP contribution in [0.1, 0.15) is 38.1 Å². The molecule has 1 aliphatic rings. The first kappa shape index (κ1) is 18.6. The predicted molar refractivity (Wildman–Crippen MR) is 98.6 cm³/mol. The Morgan fingerprint density at radius 2 is 1.50 bits per heavy atom. The van der Waals surface area contributed by atoms with E-state index in [-0.39, 0.29) is 18.0 Å². The second-order valence-corrected chi connectivity index (χ2v) is 8.22. The zero-order valence-corrected chi connectivity index (χ0v) is 15.7. The minimum absolute atomic E-state index is 0.0417. The van der Waals surface area contributed by atoms with Crippen LogP contribution in [0.25, 0.3) is 0 Å². The predicted octanol–water partition coefficient (Wildman–Crippen LogP) is 3.06. The largest absolute Gasteiger partial charge is 0.336 e. The summed E-state index contributed by atoms with van der Waals surface area (Å²) in [7, 11) is 0. The van der Waals surface area contributed by atoms with Crippen molar-refractivity contribution in [2.75, 3.05) is 26.2 Å². The monoisotopic (exact) mass is 349 g/mol. The lowest BCUT2D eigenvalue weighted by Gasteiger charge is -2.35. The third kappa shape index (κ3) is 5.16. The lowest BCUT2D eigenvalue weighted by molar-refractivity contribution is 0.0664. The summed E-state index contributed by atoms with van der Waals surface area (Å²) in [6.45, 7) is 10.5. The van der Waals surface area contributed by atoms with Crippen LogP contribution in [-0.4, -0.2) is 59.2 Å².